The number of hydrogen-bond acceptors (Lipinski definition) is 2. The number of rotatable bonds is 5. The number of nitrogens with one attached hydrogen (secondary N) is 1. The van der Waals surface area contributed by atoms with Gasteiger partial charge in [0.05, 0.1) is 5.25 Å². The molecule has 1 aromatic carbocycles. The van der Waals surface area contributed by atoms with E-state index >= 15 is 0 Å². The molecule has 2 rings (SSSR count). The molecule has 0 bridgehead atoms. The fraction of sp³-hybridized carbons (Fsp3) is 0.562. The average molecular weight is 295 g/mol. The van der Waals surface area contributed by atoms with E-state index in [1.807, 2.05) is 13.0 Å². The number of thioether (sulfide) groups is 1. The van der Waals surface area contributed by atoms with E-state index in [0.717, 1.165) is 18.4 Å². The van der Waals surface area contributed by atoms with Gasteiger partial charge in [0.2, 0.25) is 5.91 Å². The summed E-state index contributed by atoms with van der Waals surface area (Å²) in [5.74, 6) is 0.553. The van der Waals surface area contributed by atoms with Crippen LogP contribution < -0.4 is 5.32 Å². The van der Waals surface area contributed by atoms with Crippen molar-refractivity contribution in [2.75, 3.05) is 0 Å². The van der Waals surface area contributed by atoms with Crippen LogP contribution in [0.1, 0.15) is 44.6 Å². The Bertz CT molecular complexity index is 446. The summed E-state index contributed by atoms with van der Waals surface area (Å²) in [4.78, 5) is 12.1. The standard InChI is InChI=1S/C16H22FNOS/c1-12(16(19)18-15-8-3-2-4-9-15)20-11-13-6-5-7-14(17)10-13/h5-7,10,12,15H,2-4,8-9,11H2,1H3,(H,18,19). The molecule has 0 saturated heterocycles. The summed E-state index contributed by atoms with van der Waals surface area (Å²) in [6.07, 6.45) is 5.93. The summed E-state index contributed by atoms with van der Waals surface area (Å²) in [5.41, 5.74) is 0.923. The second kappa shape index (κ2) is 7.67. The van der Waals surface area contributed by atoms with Crippen LogP contribution in [-0.2, 0) is 10.5 Å². The lowest BCUT2D eigenvalue weighted by atomic mass is 9.95. The highest BCUT2D eigenvalue weighted by Gasteiger charge is 2.19. The van der Waals surface area contributed by atoms with Gasteiger partial charge in [-0.15, -0.1) is 11.8 Å². The highest BCUT2D eigenvalue weighted by molar-refractivity contribution is 7.99. The molecule has 1 aromatic rings. The first-order chi connectivity index (χ1) is 9.65. The molecule has 2 nitrogen and oxygen atoms in total. The molecule has 0 spiro atoms. The molecule has 1 N–H and O–H groups in total. The summed E-state index contributed by atoms with van der Waals surface area (Å²) in [7, 11) is 0. The molecule has 1 aliphatic rings. The van der Waals surface area contributed by atoms with Gasteiger partial charge in [-0.2, -0.15) is 0 Å². The van der Waals surface area contributed by atoms with Crippen LogP contribution in [0.15, 0.2) is 24.3 Å². The quantitative estimate of drug-likeness (QED) is 0.892. The maximum Gasteiger partial charge on any atom is 0.233 e. The molecule has 1 unspecified atom stereocenters. The SMILES string of the molecule is CC(SCc1cccc(F)c1)C(=O)NC1CCCCC1. The van der Waals surface area contributed by atoms with Crippen molar-refractivity contribution in [3.05, 3.63) is 35.6 Å². The molecule has 1 atom stereocenters. The third-order valence-corrected chi connectivity index (χ3v) is 4.92. The normalized spacial score (nSPS) is 17.7. The average Bonchev–Trinajstić information content (AvgIpc) is 2.46. The summed E-state index contributed by atoms with van der Waals surface area (Å²) >= 11 is 1.56. The zero-order valence-electron chi connectivity index (χ0n) is 11.9. The molecular weight excluding hydrogens is 273 g/mol. The van der Waals surface area contributed by atoms with Crippen molar-refractivity contribution in [2.24, 2.45) is 0 Å². The van der Waals surface area contributed by atoms with Gasteiger partial charge in [-0.25, -0.2) is 4.39 Å². The second-order valence-corrected chi connectivity index (χ2v) is 6.76. The summed E-state index contributed by atoms with van der Waals surface area (Å²) < 4.78 is 13.1. The predicted molar refractivity (Wildman–Crippen MR) is 82.2 cm³/mol. The van der Waals surface area contributed by atoms with Gasteiger partial charge in [0.25, 0.3) is 0 Å². The van der Waals surface area contributed by atoms with Crippen molar-refractivity contribution in [3.8, 4) is 0 Å². The van der Waals surface area contributed by atoms with Crippen molar-refractivity contribution in [1.82, 2.24) is 5.32 Å². The van der Waals surface area contributed by atoms with Gasteiger partial charge in [0, 0.05) is 11.8 Å². The van der Waals surface area contributed by atoms with E-state index in [2.05, 4.69) is 5.32 Å². The number of benzene rings is 1. The molecule has 1 fully saturated rings. The lowest BCUT2D eigenvalue weighted by Crippen LogP contribution is -2.40. The van der Waals surface area contributed by atoms with E-state index < -0.39 is 0 Å². The van der Waals surface area contributed by atoms with E-state index in [1.165, 1.54) is 31.4 Å². The van der Waals surface area contributed by atoms with Crippen molar-refractivity contribution in [3.63, 3.8) is 0 Å². The summed E-state index contributed by atoms with van der Waals surface area (Å²) in [5, 5.41) is 3.04. The monoisotopic (exact) mass is 295 g/mol. The van der Waals surface area contributed by atoms with Crippen LogP contribution in [0.4, 0.5) is 4.39 Å². The number of carbonyl (C=O) groups excluding carboxylic acids is 1. The minimum absolute atomic E-state index is 0.0970. The van der Waals surface area contributed by atoms with Crippen LogP contribution in [0, 0.1) is 5.82 Å². The van der Waals surface area contributed by atoms with Crippen LogP contribution in [0.3, 0.4) is 0 Å². The Kier molecular flexibility index (Phi) is 5.89. The molecule has 4 heteroatoms. The van der Waals surface area contributed by atoms with Gasteiger partial charge >= 0.3 is 0 Å². The van der Waals surface area contributed by atoms with Crippen molar-refractivity contribution in [2.45, 2.75) is 56.1 Å². The first kappa shape index (κ1) is 15.4. The van der Waals surface area contributed by atoms with Gasteiger partial charge in [-0.1, -0.05) is 31.4 Å². The third kappa shape index (κ3) is 4.82. The largest absolute Gasteiger partial charge is 0.352 e. The molecule has 20 heavy (non-hydrogen) atoms. The smallest absolute Gasteiger partial charge is 0.233 e. The van der Waals surface area contributed by atoms with Crippen molar-refractivity contribution >= 4 is 17.7 Å². The van der Waals surface area contributed by atoms with E-state index in [9.17, 15) is 9.18 Å². The predicted octanol–water partition coefficient (Wildman–Crippen LogP) is 3.90. The molecule has 1 saturated carbocycles. The molecule has 0 heterocycles. The van der Waals surface area contributed by atoms with Gasteiger partial charge in [-0.3, -0.25) is 4.79 Å². The molecule has 1 amide bonds. The van der Waals surface area contributed by atoms with E-state index in [0.29, 0.717) is 11.8 Å². The maximum atomic E-state index is 13.1. The van der Waals surface area contributed by atoms with Crippen LogP contribution in [0.5, 0.6) is 0 Å². The lowest BCUT2D eigenvalue weighted by Gasteiger charge is -2.24. The Morgan fingerprint density at radius 2 is 2.15 bits per heavy atom. The fourth-order valence-corrected chi connectivity index (χ4v) is 3.33. The zero-order valence-corrected chi connectivity index (χ0v) is 12.7. The third-order valence-electron chi connectivity index (χ3n) is 3.71. The molecule has 1 aliphatic carbocycles. The Hall–Kier alpha value is -1.03. The van der Waals surface area contributed by atoms with E-state index in [4.69, 9.17) is 0 Å². The first-order valence-electron chi connectivity index (χ1n) is 7.31. The molecule has 0 aromatic heterocycles. The molecule has 0 aliphatic heterocycles. The van der Waals surface area contributed by atoms with Crippen LogP contribution in [0.25, 0.3) is 0 Å². The van der Waals surface area contributed by atoms with E-state index in [-0.39, 0.29) is 17.0 Å². The van der Waals surface area contributed by atoms with Crippen LogP contribution in [-0.4, -0.2) is 17.2 Å². The molecular formula is C16H22FNOS. The van der Waals surface area contributed by atoms with Crippen molar-refractivity contribution < 1.29 is 9.18 Å². The van der Waals surface area contributed by atoms with Crippen molar-refractivity contribution in [1.29, 1.82) is 0 Å². The Balaban J connectivity index is 1.76. The highest BCUT2D eigenvalue weighted by Crippen LogP contribution is 2.21. The van der Waals surface area contributed by atoms with E-state index in [1.54, 1.807) is 17.8 Å². The summed E-state index contributed by atoms with van der Waals surface area (Å²) in [6, 6.07) is 6.92. The van der Waals surface area contributed by atoms with Gasteiger partial charge in [0.1, 0.15) is 5.82 Å². The zero-order chi connectivity index (χ0) is 14.4. The summed E-state index contributed by atoms with van der Waals surface area (Å²) in [6.45, 7) is 1.92. The number of hydrogen-bond donors (Lipinski definition) is 1. The topological polar surface area (TPSA) is 29.1 Å². The lowest BCUT2D eigenvalue weighted by molar-refractivity contribution is -0.121. The van der Waals surface area contributed by atoms with Crippen LogP contribution >= 0.6 is 11.8 Å². The van der Waals surface area contributed by atoms with Gasteiger partial charge in [-0.05, 0) is 37.5 Å². The Morgan fingerprint density at radius 1 is 1.40 bits per heavy atom. The maximum absolute atomic E-state index is 13.1. The highest BCUT2D eigenvalue weighted by atomic mass is 32.2. The fourth-order valence-electron chi connectivity index (χ4n) is 2.49. The number of halogens is 1. The molecule has 0 radical (unpaired) electrons. The first-order valence-corrected chi connectivity index (χ1v) is 8.36. The van der Waals surface area contributed by atoms with Gasteiger partial charge < -0.3 is 5.32 Å². The molecule has 110 valence electrons. The number of amides is 1. The van der Waals surface area contributed by atoms with Gasteiger partial charge in [0.15, 0.2) is 0 Å². The second-order valence-electron chi connectivity index (χ2n) is 5.43. The Morgan fingerprint density at radius 3 is 2.85 bits per heavy atom. The number of carbonyl (C=O) groups is 1. The van der Waals surface area contributed by atoms with Crippen LogP contribution in [0.2, 0.25) is 0 Å². The minimum atomic E-state index is -0.220. The Labute approximate surface area is 124 Å². The minimum Gasteiger partial charge on any atom is -0.352 e.